The van der Waals surface area contributed by atoms with Gasteiger partial charge in [-0.1, -0.05) is 27.2 Å². The van der Waals surface area contributed by atoms with Crippen molar-refractivity contribution >= 4 is 0 Å². The van der Waals surface area contributed by atoms with Crippen LogP contribution in [-0.2, 0) is 0 Å². The molecule has 0 aromatic heterocycles. The van der Waals surface area contributed by atoms with Crippen LogP contribution in [0.15, 0.2) is 0 Å². The minimum absolute atomic E-state index is 0.394. The molecule has 2 atom stereocenters. The summed E-state index contributed by atoms with van der Waals surface area (Å²) in [6.07, 6.45) is 6.68. The van der Waals surface area contributed by atoms with Gasteiger partial charge in [0, 0.05) is 12.6 Å². The molecule has 1 heterocycles. The quantitative estimate of drug-likeness (QED) is 0.819. The summed E-state index contributed by atoms with van der Waals surface area (Å²) in [7, 11) is 0. The number of hydrogen-bond acceptors (Lipinski definition) is 2. The first-order valence-electron chi connectivity index (χ1n) is 7.49. The van der Waals surface area contributed by atoms with Crippen molar-refractivity contribution in [2.45, 2.75) is 58.9 Å². The van der Waals surface area contributed by atoms with E-state index in [1.54, 1.807) is 0 Å². The maximum absolute atomic E-state index is 6.28. The second kappa shape index (κ2) is 5.27. The lowest BCUT2D eigenvalue weighted by Crippen LogP contribution is -2.47. The van der Waals surface area contributed by atoms with Crippen LogP contribution in [-0.4, -0.2) is 30.6 Å². The third-order valence-corrected chi connectivity index (χ3v) is 5.32. The standard InChI is InChI=1S/C15H30N2/c1-12(2)13-6-9-17(10-7-13)11-15(3)8-4-5-14(15)16/h12-14H,4-11,16H2,1-3H3. The molecule has 0 aromatic rings. The minimum Gasteiger partial charge on any atom is -0.327 e. The van der Waals surface area contributed by atoms with Crippen molar-refractivity contribution in [3.8, 4) is 0 Å². The van der Waals surface area contributed by atoms with Gasteiger partial charge in [-0.2, -0.15) is 0 Å². The molecule has 2 heteroatoms. The topological polar surface area (TPSA) is 29.3 Å². The van der Waals surface area contributed by atoms with Crippen molar-refractivity contribution < 1.29 is 0 Å². The summed E-state index contributed by atoms with van der Waals surface area (Å²) >= 11 is 0. The highest BCUT2D eigenvalue weighted by Gasteiger charge is 2.38. The summed E-state index contributed by atoms with van der Waals surface area (Å²) in [5.74, 6) is 1.82. The minimum atomic E-state index is 0.394. The largest absolute Gasteiger partial charge is 0.327 e. The van der Waals surface area contributed by atoms with Crippen LogP contribution in [0.4, 0.5) is 0 Å². The number of piperidine rings is 1. The van der Waals surface area contributed by atoms with Gasteiger partial charge in [-0.05, 0) is 56.0 Å². The fraction of sp³-hybridized carbons (Fsp3) is 1.00. The van der Waals surface area contributed by atoms with E-state index in [2.05, 4.69) is 25.7 Å². The van der Waals surface area contributed by atoms with E-state index in [0.29, 0.717) is 11.5 Å². The van der Waals surface area contributed by atoms with Crippen LogP contribution in [0, 0.1) is 17.3 Å². The molecule has 0 radical (unpaired) electrons. The molecule has 100 valence electrons. The van der Waals surface area contributed by atoms with Crippen LogP contribution in [0.1, 0.15) is 52.9 Å². The van der Waals surface area contributed by atoms with Crippen LogP contribution < -0.4 is 5.73 Å². The maximum atomic E-state index is 6.28. The van der Waals surface area contributed by atoms with Crippen LogP contribution in [0.5, 0.6) is 0 Å². The van der Waals surface area contributed by atoms with E-state index in [1.807, 2.05) is 0 Å². The highest BCUT2D eigenvalue weighted by atomic mass is 15.1. The van der Waals surface area contributed by atoms with E-state index in [4.69, 9.17) is 5.73 Å². The highest BCUT2D eigenvalue weighted by molar-refractivity contribution is 4.94. The van der Waals surface area contributed by atoms with E-state index in [0.717, 1.165) is 11.8 Å². The third kappa shape index (κ3) is 3.03. The molecular weight excluding hydrogens is 208 g/mol. The summed E-state index contributed by atoms with van der Waals surface area (Å²) < 4.78 is 0. The van der Waals surface area contributed by atoms with Gasteiger partial charge < -0.3 is 10.6 Å². The van der Waals surface area contributed by atoms with Gasteiger partial charge in [-0.25, -0.2) is 0 Å². The fourth-order valence-corrected chi connectivity index (χ4v) is 3.74. The van der Waals surface area contributed by atoms with E-state index in [-0.39, 0.29) is 0 Å². The molecule has 2 aliphatic rings. The van der Waals surface area contributed by atoms with Gasteiger partial charge in [-0.15, -0.1) is 0 Å². The Kier molecular flexibility index (Phi) is 4.14. The molecule has 1 saturated heterocycles. The summed E-state index contributed by atoms with van der Waals surface area (Å²) in [5, 5.41) is 0. The summed E-state index contributed by atoms with van der Waals surface area (Å²) in [6.45, 7) is 11.0. The van der Waals surface area contributed by atoms with Crippen LogP contribution >= 0.6 is 0 Å². The smallest absolute Gasteiger partial charge is 0.0105 e. The van der Waals surface area contributed by atoms with Gasteiger partial charge in [0.2, 0.25) is 0 Å². The lowest BCUT2D eigenvalue weighted by molar-refractivity contribution is 0.100. The second-order valence-electron chi connectivity index (χ2n) is 7.01. The first-order chi connectivity index (χ1) is 8.01. The average Bonchev–Trinajstić information content (AvgIpc) is 2.60. The van der Waals surface area contributed by atoms with Gasteiger partial charge in [0.25, 0.3) is 0 Å². The molecule has 17 heavy (non-hydrogen) atoms. The van der Waals surface area contributed by atoms with Crippen molar-refractivity contribution in [3.05, 3.63) is 0 Å². The van der Waals surface area contributed by atoms with E-state index in [9.17, 15) is 0 Å². The Morgan fingerprint density at radius 1 is 1.24 bits per heavy atom. The fourth-order valence-electron chi connectivity index (χ4n) is 3.74. The molecule has 2 nitrogen and oxygen atoms in total. The normalized spacial score (nSPS) is 36.9. The molecule has 2 rings (SSSR count). The molecule has 2 unspecified atom stereocenters. The van der Waals surface area contributed by atoms with E-state index in [1.165, 1.54) is 51.7 Å². The number of rotatable bonds is 3. The molecule has 0 bridgehead atoms. The molecule has 1 saturated carbocycles. The Morgan fingerprint density at radius 3 is 2.35 bits per heavy atom. The summed E-state index contributed by atoms with van der Waals surface area (Å²) in [6, 6.07) is 0.435. The maximum Gasteiger partial charge on any atom is 0.0105 e. The van der Waals surface area contributed by atoms with Crippen molar-refractivity contribution in [2.75, 3.05) is 19.6 Å². The molecule has 1 aliphatic carbocycles. The van der Waals surface area contributed by atoms with Gasteiger partial charge in [-0.3, -0.25) is 0 Å². The monoisotopic (exact) mass is 238 g/mol. The number of nitrogens with zero attached hydrogens (tertiary/aromatic N) is 1. The second-order valence-corrected chi connectivity index (χ2v) is 7.01. The highest BCUT2D eigenvalue weighted by Crippen LogP contribution is 2.38. The zero-order valence-corrected chi connectivity index (χ0v) is 11.9. The van der Waals surface area contributed by atoms with Crippen LogP contribution in [0.25, 0.3) is 0 Å². The Morgan fingerprint density at radius 2 is 1.88 bits per heavy atom. The Balaban J connectivity index is 1.82. The predicted molar refractivity (Wildman–Crippen MR) is 73.9 cm³/mol. The summed E-state index contributed by atoms with van der Waals surface area (Å²) in [5.41, 5.74) is 6.67. The van der Waals surface area contributed by atoms with Crippen LogP contribution in [0.2, 0.25) is 0 Å². The van der Waals surface area contributed by atoms with Crippen molar-refractivity contribution in [3.63, 3.8) is 0 Å². The van der Waals surface area contributed by atoms with Gasteiger partial charge in [0.1, 0.15) is 0 Å². The molecule has 0 amide bonds. The molecule has 2 N–H and O–H groups in total. The van der Waals surface area contributed by atoms with Crippen molar-refractivity contribution in [1.29, 1.82) is 0 Å². The van der Waals surface area contributed by atoms with Gasteiger partial charge >= 0.3 is 0 Å². The predicted octanol–water partition coefficient (Wildman–Crippen LogP) is 2.87. The van der Waals surface area contributed by atoms with E-state index >= 15 is 0 Å². The molecule has 0 aromatic carbocycles. The average molecular weight is 238 g/mol. The summed E-state index contributed by atoms with van der Waals surface area (Å²) in [4.78, 5) is 2.67. The number of likely N-dealkylation sites (tertiary alicyclic amines) is 1. The molecular formula is C15H30N2. The molecule has 1 aliphatic heterocycles. The molecule has 2 fully saturated rings. The van der Waals surface area contributed by atoms with Crippen molar-refractivity contribution in [2.24, 2.45) is 23.0 Å². The zero-order valence-electron chi connectivity index (χ0n) is 11.9. The third-order valence-electron chi connectivity index (χ3n) is 5.32. The first kappa shape index (κ1) is 13.4. The van der Waals surface area contributed by atoms with Gasteiger partial charge in [0.05, 0.1) is 0 Å². The zero-order chi connectivity index (χ0) is 12.5. The van der Waals surface area contributed by atoms with Gasteiger partial charge in [0.15, 0.2) is 0 Å². The number of nitrogens with two attached hydrogens (primary N) is 1. The Hall–Kier alpha value is -0.0800. The van der Waals surface area contributed by atoms with Crippen LogP contribution in [0.3, 0.4) is 0 Å². The van der Waals surface area contributed by atoms with E-state index < -0.39 is 0 Å². The van der Waals surface area contributed by atoms with Crippen molar-refractivity contribution in [1.82, 2.24) is 4.90 Å². The lowest BCUT2D eigenvalue weighted by atomic mass is 9.82. The number of hydrogen-bond donors (Lipinski definition) is 1. The SMILES string of the molecule is CC(C)C1CCN(CC2(C)CCCC2N)CC1. The first-order valence-corrected chi connectivity index (χ1v) is 7.49. The Bertz CT molecular complexity index is 243. The molecule has 0 spiro atoms. The lowest BCUT2D eigenvalue weighted by Gasteiger charge is -2.40. The Labute approximate surface area is 107 Å².